The highest BCUT2D eigenvalue weighted by atomic mass is 32.3. The number of carbonyl (C=O) groups excluding carboxylic acids is 7. The lowest BCUT2D eigenvalue weighted by Crippen LogP contribution is -2.66. The zero-order valence-electron chi connectivity index (χ0n) is 36.9. The van der Waals surface area contributed by atoms with Crippen LogP contribution in [0.4, 0.5) is 0 Å². The number of rotatable bonds is 16. The molecule has 3 rings (SSSR count). The van der Waals surface area contributed by atoms with Gasteiger partial charge in [0.25, 0.3) is 5.91 Å². The number of amides is 6. The predicted octanol–water partition coefficient (Wildman–Crippen LogP) is -1.09. The number of cyclic esters (lactones) is 1. The number of ether oxygens (including phenoxy) is 1. The van der Waals surface area contributed by atoms with Crippen molar-refractivity contribution in [3.05, 3.63) is 35.9 Å². The van der Waals surface area contributed by atoms with E-state index in [0.29, 0.717) is 37.8 Å². The van der Waals surface area contributed by atoms with Crippen LogP contribution >= 0.6 is 0 Å². The van der Waals surface area contributed by atoms with Crippen LogP contribution < -0.4 is 26.6 Å². The third-order valence-electron chi connectivity index (χ3n) is 11.6. The van der Waals surface area contributed by atoms with Crippen molar-refractivity contribution in [3.63, 3.8) is 0 Å². The molecule has 2 aliphatic heterocycles. The predicted molar refractivity (Wildman–Crippen MR) is 226 cm³/mol. The van der Waals surface area contributed by atoms with Crippen LogP contribution in [0.5, 0.6) is 0 Å². The summed E-state index contributed by atoms with van der Waals surface area (Å²) in [7, 11) is -1.97. The second-order valence-electron chi connectivity index (χ2n) is 16.2. The molecule has 2 bridgehead atoms. The normalized spacial score (nSPS) is 27.4. The van der Waals surface area contributed by atoms with Gasteiger partial charge in [-0.05, 0) is 70.0 Å². The second-order valence-corrected chi connectivity index (χ2v) is 17.3. The number of carbonyl (C=O) groups is 7. The number of likely N-dealkylation sites (N-methyl/N-ethyl adjacent to an activating group) is 1. The molecule has 8 N–H and O–H groups in total. The number of nitrogens with zero attached hydrogens (tertiary/aromatic N) is 2. The van der Waals surface area contributed by atoms with E-state index >= 15 is 0 Å². The maximum Gasteiger partial charge on any atom is 0.397 e. The molecule has 354 valence electrons. The van der Waals surface area contributed by atoms with E-state index in [1.165, 1.54) is 18.9 Å². The van der Waals surface area contributed by atoms with Crippen LogP contribution in [0, 0.1) is 11.8 Å². The van der Waals surface area contributed by atoms with Gasteiger partial charge in [-0.2, -0.15) is 8.42 Å². The minimum atomic E-state index is -5.09. The van der Waals surface area contributed by atoms with Gasteiger partial charge in [-0.25, -0.2) is 8.98 Å². The molecule has 11 atom stereocenters. The van der Waals surface area contributed by atoms with Gasteiger partial charge in [0, 0.05) is 13.5 Å². The quantitative estimate of drug-likeness (QED) is 0.0556. The summed E-state index contributed by atoms with van der Waals surface area (Å²) in [6, 6.07) is 0.265. The summed E-state index contributed by atoms with van der Waals surface area (Å²) < 4.78 is 41.1. The van der Waals surface area contributed by atoms with Gasteiger partial charge in [-0.3, -0.25) is 33.3 Å². The largest absolute Gasteiger partial charge is 0.458 e. The van der Waals surface area contributed by atoms with Crippen LogP contribution in [-0.2, 0) is 59.3 Å². The van der Waals surface area contributed by atoms with Crippen molar-refractivity contribution in [1.29, 1.82) is 0 Å². The van der Waals surface area contributed by atoms with Crippen molar-refractivity contribution in [2.24, 2.45) is 11.8 Å². The van der Waals surface area contributed by atoms with Crippen LogP contribution in [0.1, 0.15) is 85.1 Å². The van der Waals surface area contributed by atoms with Crippen LogP contribution in [0.15, 0.2) is 30.3 Å². The first kappa shape index (κ1) is 52.6. The fourth-order valence-corrected chi connectivity index (χ4v) is 7.69. The molecule has 6 amide bonds. The van der Waals surface area contributed by atoms with Crippen LogP contribution in [0.2, 0.25) is 0 Å². The maximum absolute atomic E-state index is 14.8. The molecule has 2 saturated heterocycles. The highest BCUT2D eigenvalue weighted by molar-refractivity contribution is 7.80. The fourth-order valence-electron chi connectivity index (χ4n) is 7.39. The zero-order valence-corrected chi connectivity index (χ0v) is 37.8. The van der Waals surface area contributed by atoms with Crippen LogP contribution in [0.3, 0.4) is 0 Å². The number of hydrogen-bond donors (Lipinski definition) is 8. The van der Waals surface area contributed by atoms with Crippen molar-refractivity contribution in [3.8, 4) is 0 Å². The average Bonchev–Trinajstić information content (AvgIpc) is 3.24. The first-order valence-electron chi connectivity index (χ1n) is 21.3. The van der Waals surface area contributed by atoms with Crippen molar-refractivity contribution in [2.45, 2.75) is 141 Å². The Morgan fingerprint density at radius 1 is 0.937 bits per heavy atom. The van der Waals surface area contributed by atoms with Gasteiger partial charge in [0.05, 0.1) is 0 Å². The molecule has 21 nitrogen and oxygen atoms in total. The van der Waals surface area contributed by atoms with Gasteiger partial charge in [-0.15, -0.1) is 0 Å². The minimum Gasteiger partial charge on any atom is -0.458 e. The zero-order chi connectivity index (χ0) is 47.2. The molecule has 0 spiro atoms. The molecule has 0 aliphatic carbocycles. The summed E-state index contributed by atoms with van der Waals surface area (Å²) in [5.74, 6) is -7.75. The van der Waals surface area contributed by atoms with Gasteiger partial charge < -0.3 is 51.3 Å². The number of aliphatic hydroxyl groups is 2. The number of aliphatic hydroxyl groups excluding tert-OH is 2. The van der Waals surface area contributed by atoms with E-state index in [2.05, 4.69) is 30.8 Å². The number of unbranched alkanes of at least 4 members (excludes halogenated alkanes) is 1. The molecule has 2 heterocycles. The summed E-state index contributed by atoms with van der Waals surface area (Å²) in [5, 5.41) is 34.9. The van der Waals surface area contributed by atoms with E-state index in [9.17, 15) is 52.2 Å². The maximum atomic E-state index is 14.8. The molecule has 0 unspecified atom stereocenters. The number of hydrogen-bond acceptors (Lipinski definition) is 14. The lowest BCUT2D eigenvalue weighted by molar-refractivity contribution is -0.168. The Bertz CT molecular complexity index is 1860. The molecule has 63 heavy (non-hydrogen) atoms. The Kier molecular flexibility index (Phi) is 20.3. The van der Waals surface area contributed by atoms with E-state index in [0.717, 1.165) is 4.90 Å². The number of nitrogens with one attached hydrogen (secondary N) is 5. The third kappa shape index (κ3) is 14.9. The Morgan fingerprint density at radius 2 is 1.59 bits per heavy atom. The summed E-state index contributed by atoms with van der Waals surface area (Å²) in [5.41, 5.74) is 0.651. The molecule has 2 aliphatic rings. The van der Waals surface area contributed by atoms with Crippen LogP contribution in [0.25, 0.3) is 0 Å². The van der Waals surface area contributed by atoms with Gasteiger partial charge in [0.15, 0.2) is 6.10 Å². The van der Waals surface area contributed by atoms with E-state index in [4.69, 9.17) is 9.29 Å². The molecule has 1 aromatic carbocycles. The van der Waals surface area contributed by atoms with Gasteiger partial charge >= 0.3 is 16.4 Å². The lowest BCUT2D eigenvalue weighted by Gasteiger charge is -2.44. The SMILES string of the molecule is CC[C@H](C)[C@@H]1NC(=O)[C@H](Cc2ccccc2)N(C)C(=O)[C@H]([C@@H](C)CC)N2C(=O)[C@H](CC[C@H]2O)NC(=O)[C@H](CCCCNC)NC(=O)[C@@H](NC(=O)[C@H](O)COS(=O)(=O)O)[C@@H](C)OC1=O. The Balaban J connectivity index is 2.23. The van der Waals surface area contributed by atoms with Crippen molar-refractivity contribution in [2.75, 3.05) is 27.2 Å². The van der Waals surface area contributed by atoms with E-state index in [1.807, 2.05) is 0 Å². The van der Waals surface area contributed by atoms with Gasteiger partial charge in [0.2, 0.25) is 29.5 Å². The monoisotopic (exact) mass is 911 g/mol. The van der Waals surface area contributed by atoms with E-state index in [1.54, 1.807) is 65.1 Å². The Hall–Kier alpha value is -4.74. The van der Waals surface area contributed by atoms with Gasteiger partial charge in [-0.1, -0.05) is 70.9 Å². The third-order valence-corrected chi connectivity index (χ3v) is 12.1. The molecular weight excluding hydrogens is 847 g/mol. The summed E-state index contributed by atoms with van der Waals surface area (Å²) >= 11 is 0. The smallest absolute Gasteiger partial charge is 0.397 e. The second kappa shape index (κ2) is 24.4. The standard InChI is InChI=1S/C41H65N7O14S/c1-8-23(3)32-41(57)62-25(5)33(46-37(53)30(49)22-61-63(58,59)60)38(54)43-27(17-13-14-20-42-6)35(51)44-28-18-19-31(50)48(39(28)55)34(24(4)9-2)40(56)47(7)29(36(52)45-32)21-26-15-11-10-12-16-26/h10-12,15-16,23-25,27-34,42,49-50H,8-9,13-14,17-22H2,1-7H3,(H,43,54)(H,44,51)(H,45,52)(H,46,53)(H,58,59,60)/t23-,24-,25+,27-,28-,29-,30+,31+,32-,33-,34-/m0/s1. The summed E-state index contributed by atoms with van der Waals surface area (Å²) in [6.07, 6.45) is -3.80. The average molecular weight is 912 g/mol. The summed E-state index contributed by atoms with van der Waals surface area (Å²) in [4.78, 5) is 102. The molecule has 0 aromatic heterocycles. The highest BCUT2D eigenvalue weighted by Crippen LogP contribution is 2.28. The van der Waals surface area contributed by atoms with Crippen molar-refractivity contribution < 1.29 is 65.7 Å². The molecule has 2 fully saturated rings. The number of piperidine rings is 1. The number of fused-ring (bicyclic) bond motifs is 2. The number of esters is 1. The lowest BCUT2D eigenvalue weighted by atomic mass is 9.91. The molecule has 0 saturated carbocycles. The Labute approximate surface area is 368 Å². The Morgan fingerprint density at radius 3 is 2.19 bits per heavy atom. The number of benzene rings is 1. The van der Waals surface area contributed by atoms with E-state index in [-0.39, 0.29) is 25.7 Å². The first-order valence-corrected chi connectivity index (χ1v) is 22.7. The van der Waals surface area contributed by atoms with Crippen LogP contribution in [-0.4, -0.2) is 156 Å². The first-order chi connectivity index (χ1) is 29.6. The molecule has 0 radical (unpaired) electrons. The molecule has 22 heteroatoms. The van der Waals surface area contributed by atoms with E-state index < -0.39 is 125 Å². The summed E-state index contributed by atoms with van der Waals surface area (Å²) in [6.45, 7) is 7.44. The molecule has 1 aromatic rings. The van der Waals surface area contributed by atoms with Gasteiger partial charge in [0.1, 0.15) is 55.2 Å². The van der Waals surface area contributed by atoms with Crippen molar-refractivity contribution in [1.82, 2.24) is 36.4 Å². The fraction of sp³-hybridized carbons (Fsp3) is 0.683. The topological polar surface area (TPSA) is 299 Å². The minimum absolute atomic E-state index is 0.00978. The highest BCUT2D eigenvalue weighted by Gasteiger charge is 2.47. The van der Waals surface area contributed by atoms with Crippen molar-refractivity contribution >= 4 is 51.8 Å². The molecular formula is C41H65N7O14S.